The van der Waals surface area contributed by atoms with E-state index in [0.717, 1.165) is 5.56 Å². The topological polar surface area (TPSA) is 54.0 Å². The summed E-state index contributed by atoms with van der Waals surface area (Å²) in [5, 5.41) is 9.01. The third-order valence-electron chi connectivity index (χ3n) is 3.24. The summed E-state index contributed by atoms with van der Waals surface area (Å²) in [6, 6.07) is 9.21. The minimum atomic E-state index is -0.105. The number of hydrogen-bond donors (Lipinski definition) is 0. The molecule has 3 heteroatoms. The van der Waals surface area contributed by atoms with Gasteiger partial charge in [-0.15, -0.1) is 0 Å². The van der Waals surface area contributed by atoms with E-state index in [9.17, 15) is 4.79 Å². The number of rotatable bonds is 0. The van der Waals surface area contributed by atoms with Crippen molar-refractivity contribution < 1.29 is 9.21 Å². The summed E-state index contributed by atoms with van der Waals surface area (Å²) in [5.74, 6) is 0.710. The average Bonchev–Trinajstić information content (AvgIpc) is 2.73. The van der Waals surface area contributed by atoms with Crippen molar-refractivity contribution in [2.24, 2.45) is 0 Å². The minimum absolute atomic E-state index is 0.105. The molecular formula is C15H9NO2. The zero-order valence-electron chi connectivity index (χ0n) is 9.78. The summed E-state index contributed by atoms with van der Waals surface area (Å²) >= 11 is 0. The highest BCUT2D eigenvalue weighted by Crippen LogP contribution is 2.42. The lowest BCUT2D eigenvalue weighted by atomic mass is 9.85. The van der Waals surface area contributed by atoms with Gasteiger partial charge >= 0.3 is 0 Å². The predicted octanol–water partition coefficient (Wildman–Crippen LogP) is 3.34. The Morgan fingerprint density at radius 2 is 1.94 bits per heavy atom. The van der Waals surface area contributed by atoms with Crippen LogP contribution < -0.4 is 0 Å². The first-order valence-corrected chi connectivity index (χ1v) is 5.52. The highest BCUT2D eigenvalue weighted by atomic mass is 16.3. The van der Waals surface area contributed by atoms with Gasteiger partial charge in [0.05, 0.1) is 0 Å². The molecule has 1 aliphatic rings. The molecule has 86 valence electrons. The van der Waals surface area contributed by atoms with Crippen LogP contribution in [0.15, 0.2) is 35.3 Å². The van der Waals surface area contributed by atoms with Crippen LogP contribution in [0.5, 0.6) is 0 Å². The molecule has 2 aromatic rings. The Morgan fingerprint density at radius 1 is 1.28 bits per heavy atom. The van der Waals surface area contributed by atoms with E-state index in [-0.39, 0.29) is 11.5 Å². The van der Waals surface area contributed by atoms with Gasteiger partial charge in [-0.2, -0.15) is 5.26 Å². The molecule has 1 heterocycles. The molecule has 0 N–H and O–H groups in total. The second kappa shape index (κ2) is 3.44. The van der Waals surface area contributed by atoms with Crippen molar-refractivity contribution in [3.8, 4) is 17.4 Å². The molecule has 1 aliphatic carbocycles. The van der Waals surface area contributed by atoms with E-state index < -0.39 is 0 Å². The minimum Gasteiger partial charge on any atom is -0.445 e. The fourth-order valence-electron chi connectivity index (χ4n) is 2.33. The van der Waals surface area contributed by atoms with Crippen LogP contribution in [0.2, 0.25) is 0 Å². The molecule has 1 aromatic heterocycles. The SMILES string of the molecule is C=C1C(=O)c2ccccc2-c2oc(C#N)c(C)c21. The van der Waals surface area contributed by atoms with Crippen LogP contribution in [0.3, 0.4) is 0 Å². The molecule has 3 nitrogen and oxygen atoms in total. The number of carbonyl (C=O) groups excluding carboxylic acids is 1. The molecule has 0 bridgehead atoms. The number of furan rings is 1. The number of ketones is 1. The second-order valence-electron chi connectivity index (χ2n) is 4.23. The van der Waals surface area contributed by atoms with Crippen molar-refractivity contribution >= 4 is 11.4 Å². The van der Waals surface area contributed by atoms with Gasteiger partial charge in [0.2, 0.25) is 5.76 Å². The van der Waals surface area contributed by atoms with Crippen LogP contribution >= 0.6 is 0 Å². The second-order valence-corrected chi connectivity index (χ2v) is 4.23. The van der Waals surface area contributed by atoms with Crippen molar-refractivity contribution in [3.05, 3.63) is 53.3 Å². The summed E-state index contributed by atoms with van der Waals surface area (Å²) in [6.07, 6.45) is 0. The maximum Gasteiger partial charge on any atom is 0.207 e. The predicted molar refractivity (Wildman–Crippen MR) is 67.0 cm³/mol. The van der Waals surface area contributed by atoms with Gasteiger partial charge in [-0.3, -0.25) is 4.79 Å². The fraction of sp³-hybridized carbons (Fsp3) is 0.0667. The summed E-state index contributed by atoms with van der Waals surface area (Å²) in [5.41, 5.74) is 3.05. The van der Waals surface area contributed by atoms with Gasteiger partial charge in [0.15, 0.2) is 5.78 Å². The third-order valence-corrected chi connectivity index (χ3v) is 3.24. The van der Waals surface area contributed by atoms with Crippen molar-refractivity contribution in [2.75, 3.05) is 0 Å². The summed E-state index contributed by atoms with van der Waals surface area (Å²) < 4.78 is 5.56. The van der Waals surface area contributed by atoms with Gasteiger partial charge in [-0.1, -0.05) is 30.8 Å². The lowest BCUT2D eigenvalue weighted by Gasteiger charge is -2.16. The summed E-state index contributed by atoms with van der Waals surface area (Å²) in [4.78, 5) is 12.2. The molecule has 18 heavy (non-hydrogen) atoms. The standard InChI is InChI=1S/C15H9NO2/c1-8-12(7-16)18-15-11-6-4-3-5-10(11)14(17)9(2)13(8)15/h3-6H,2H2,1H3. The lowest BCUT2D eigenvalue weighted by molar-refractivity contribution is 0.105. The number of allylic oxidation sites excluding steroid dienone is 1. The first kappa shape index (κ1) is 10.5. The molecule has 0 unspecified atom stereocenters. The van der Waals surface area contributed by atoms with E-state index in [4.69, 9.17) is 9.68 Å². The van der Waals surface area contributed by atoms with Crippen molar-refractivity contribution in [1.82, 2.24) is 0 Å². The quantitative estimate of drug-likeness (QED) is 0.658. The third kappa shape index (κ3) is 1.15. The van der Waals surface area contributed by atoms with E-state index in [1.807, 2.05) is 18.2 Å². The number of nitriles is 1. The Hall–Kier alpha value is -2.60. The molecule has 1 aromatic carbocycles. The van der Waals surface area contributed by atoms with E-state index in [2.05, 4.69) is 6.58 Å². The van der Waals surface area contributed by atoms with Gasteiger partial charge < -0.3 is 4.42 Å². The molecule has 0 atom stereocenters. The normalized spacial score (nSPS) is 12.9. The first-order valence-electron chi connectivity index (χ1n) is 5.52. The van der Waals surface area contributed by atoms with Crippen LogP contribution in [0.1, 0.15) is 27.2 Å². The molecule has 0 aliphatic heterocycles. The van der Waals surface area contributed by atoms with Crippen LogP contribution in [-0.2, 0) is 0 Å². The number of hydrogen-bond acceptors (Lipinski definition) is 3. The lowest BCUT2D eigenvalue weighted by Crippen LogP contribution is -2.09. The molecule has 0 fully saturated rings. The Morgan fingerprint density at radius 3 is 2.61 bits per heavy atom. The molecule has 0 saturated heterocycles. The average molecular weight is 235 g/mol. The van der Waals surface area contributed by atoms with Gasteiger partial charge in [0, 0.05) is 27.8 Å². The smallest absolute Gasteiger partial charge is 0.207 e. The zero-order valence-corrected chi connectivity index (χ0v) is 9.78. The molecular weight excluding hydrogens is 226 g/mol. The Kier molecular flexibility index (Phi) is 2.02. The van der Waals surface area contributed by atoms with Gasteiger partial charge in [-0.25, -0.2) is 0 Å². The number of benzene rings is 1. The molecule has 0 amide bonds. The van der Waals surface area contributed by atoms with Crippen molar-refractivity contribution in [2.45, 2.75) is 6.92 Å². The first-order chi connectivity index (χ1) is 8.65. The summed E-state index contributed by atoms with van der Waals surface area (Å²) in [6.45, 7) is 5.60. The highest BCUT2D eigenvalue weighted by Gasteiger charge is 2.31. The highest BCUT2D eigenvalue weighted by molar-refractivity contribution is 6.33. The van der Waals surface area contributed by atoms with E-state index in [1.54, 1.807) is 19.1 Å². The van der Waals surface area contributed by atoms with Crippen LogP contribution in [0.25, 0.3) is 16.9 Å². The van der Waals surface area contributed by atoms with Gasteiger partial charge in [-0.05, 0) is 6.92 Å². The van der Waals surface area contributed by atoms with Gasteiger partial charge in [0.25, 0.3) is 0 Å². The van der Waals surface area contributed by atoms with Crippen LogP contribution in [0, 0.1) is 18.3 Å². The van der Waals surface area contributed by atoms with E-state index in [0.29, 0.717) is 28.0 Å². The Labute approximate surface area is 104 Å². The van der Waals surface area contributed by atoms with Crippen LogP contribution in [-0.4, -0.2) is 5.78 Å². The monoisotopic (exact) mass is 235 g/mol. The molecule has 0 saturated carbocycles. The van der Waals surface area contributed by atoms with Crippen molar-refractivity contribution in [1.29, 1.82) is 5.26 Å². The van der Waals surface area contributed by atoms with E-state index in [1.165, 1.54) is 0 Å². The molecule has 0 radical (unpaired) electrons. The molecule has 0 spiro atoms. The maximum atomic E-state index is 12.2. The Balaban J connectivity index is 2.44. The maximum absolute atomic E-state index is 12.2. The Bertz CT molecular complexity index is 744. The van der Waals surface area contributed by atoms with Crippen LogP contribution in [0.4, 0.5) is 0 Å². The zero-order chi connectivity index (χ0) is 12.9. The molecule has 3 rings (SSSR count). The number of fused-ring (bicyclic) bond motifs is 3. The number of nitrogens with zero attached hydrogens (tertiary/aromatic N) is 1. The fourth-order valence-corrected chi connectivity index (χ4v) is 2.33. The van der Waals surface area contributed by atoms with Crippen molar-refractivity contribution in [3.63, 3.8) is 0 Å². The number of carbonyl (C=O) groups is 1. The summed E-state index contributed by atoms with van der Waals surface area (Å²) in [7, 11) is 0. The van der Waals surface area contributed by atoms with E-state index >= 15 is 0 Å². The number of Topliss-reactive ketones (excluding diaryl/α,β-unsaturated/α-hetero) is 1. The largest absolute Gasteiger partial charge is 0.445 e. The van der Waals surface area contributed by atoms with Gasteiger partial charge in [0.1, 0.15) is 11.8 Å².